The Morgan fingerprint density at radius 1 is 1.11 bits per heavy atom. The highest BCUT2D eigenvalue weighted by molar-refractivity contribution is 5.98. The second-order valence-electron chi connectivity index (χ2n) is 9.93. The van der Waals surface area contributed by atoms with Crippen LogP contribution in [0.15, 0.2) is 36.7 Å². The molecule has 5 rings (SSSR count). The van der Waals surface area contributed by atoms with Crippen LogP contribution < -0.4 is 20.4 Å². The molecule has 0 saturated carbocycles. The molecule has 0 aliphatic carbocycles. The van der Waals surface area contributed by atoms with E-state index in [0.29, 0.717) is 36.5 Å². The van der Waals surface area contributed by atoms with E-state index in [2.05, 4.69) is 56.5 Å². The Bertz CT molecular complexity index is 1260. The third-order valence-corrected chi connectivity index (χ3v) is 6.85. The number of aliphatic hydroxyl groups is 1. The molecule has 0 bridgehead atoms. The van der Waals surface area contributed by atoms with Gasteiger partial charge in [-0.2, -0.15) is 4.98 Å². The molecule has 3 N–H and O–H groups in total. The van der Waals surface area contributed by atoms with Gasteiger partial charge in [-0.1, -0.05) is 19.9 Å². The van der Waals surface area contributed by atoms with Gasteiger partial charge in [-0.25, -0.2) is 14.4 Å². The van der Waals surface area contributed by atoms with Crippen molar-refractivity contribution in [2.75, 3.05) is 41.3 Å². The van der Waals surface area contributed by atoms with Gasteiger partial charge in [0.05, 0.1) is 18.7 Å². The largest absolute Gasteiger partial charge is 0.390 e. The van der Waals surface area contributed by atoms with E-state index >= 15 is 0 Å². The average Bonchev–Trinajstić information content (AvgIpc) is 2.82. The molecule has 190 valence electrons. The smallest absolute Gasteiger partial charge is 0.227 e. The lowest BCUT2D eigenvalue weighted by Gasteiger charge is -2.41. The zero-order chi connectivity index (χ0) is 25.4. The van der Waals surface area contributed by atoms with Crippen LogP contribution in [-0.2, 0) is 4.79 Å². The van der Waals surface area contributed by atoms with Crippen LogP contribution in [0.3, 0.4) is 0 Å². The van der Waals surface area contributed by atoms with Gasteiger partial charge in [-0.15, -0.1) is 0 Å². The fourth-order valence-electron chi connectivity index (χ4n) is 4.92. The Hall–Kier alpha value is -3.53. The van der Waals surface area contributed by atoms with Crippen LogP contribution >= 0.6 is 0 Å². The number of amides is 1. The average molecular weight is 494 g/mol. The molecule has 4 heterocycles. The number of aliphatic hydroxyl groups excluding tert-OH is 1. The Labute approximate surface area is 209 Å². The van der Waals surface area contributed by atoms with E-state index in [9.17, 15) is 14.3 Å². The first-order valence-electron chi connectivity index (χ1n) is 12.4. The maximum absolute atomic E-state index is 14.0. The van der Waals surface area contributed by atoms with Gasteiger partial charge < -0.3 is 25.5 Å². The molecule has 2 saturated heterocycles. The molecule has 3 aromatic rings. The van der Waals surface area contributed by atoms with Crippen molar-refractivity contribution in [3.8, 4) is 0 Å². The number of halogens is 1. The molecule has 0 spiro atoms. The molecule has 36 heavy (non-hydrogen) atoms. The van der Waals surface area contributed by atoms with Gasteiger partial charge in [-0.05, 0) is 41.5 Å². The number of hydrogen-bond donors (Lipinski definition) is 3. The van der Waals surface area contributed by atoms with Crippen molar-refractivity contribution in [2.45, 2.75) is 51.4 Å². The number of pyridine rings is 1. The molecular weight excluding hydrogens is 461 g/mol. The number of aromatic nitrogens is 3. The summed E-state index contributed by atoms with van der Waals surface area (Å²) >= 11 is 0. The number of hydrogen-bond acceptors (Lipinski definition) is 8. The van der Waals surface area contributed by atoms with Crippen LogP contribution in [-0.4, -0.2) is 70.5 Å². The van der Waals surface area contributed by atoms with Gasteiger partial charge in [0.15, 0.2) is 0 Å². The summed E-state index contributed by atoms with van der Waals surface area (Å²) in [6.07, 6.45) is 1.61. The Kier molecular flexibility index (Phi) is 6.61. The molecule has 2 aromatic heterocycles. The highest BCUT2D eigenvalue weighted by atomic mass is 19.1. The molecule has 2 fully saturated rings. The van der Waals surface area contributed by atoms with E-state index in [1.807, 2.05) is 12.3 Å². The first kappa shape index (κ1) is 24.2. The lowest BCUT2D eigenvalue weighted by molar-refractivity contribution is -0.119. The van der Waals surface area contributed by atoms with Crippen molar-refractivity contribution < 1.29 is 14.3 Å². The van der Waals surface area contributed by atoms with Gasteiger partial charge >= 0.3 is 0 Å². The zero-order valence-corrected chi connectivity index (χ0v) is 20.8. The van der Waals surface area contributed by atoms with E-state index in [4.69, 9.17) is 0 Å². The third-order valence-electron chi connectivity index (χ3n) is 6.85. The van der Waals surface area contributed by atoms with Crippen LogP contribution in [0.4, 0.5) is 27.7 Å². The highest BCUT2D eigenvalue weighted by Crippen LogP contribution is 2.36. The van der Waals surface area contributed by atoms with E-state index in [-0.39, 0.29) is 18.5 Å². The first-order valence-corrected chi connectivity index (χ1v) is 12.4. The predicted molar refractivity (Wildman–Crippen MR) is 139 cm³/mol. The van der Waals surface area contributed by atoms with Crippen molar-refractivity contribution in [3.05, 3.63) is 42.2 Å². The van der Waals surface area contributed by atoms with Gasteiger partial charge in [0, 0.05) is 50.0 Å². The van der Waals surface area contributed by atoms with Crippen molar-refractivity contribution in [2.24, 2.45) is 0 Å². The summed E-state index contributed by atoms with van der Waals surface area (Å²) in [5.41, 5.74) is 2.33. The van der Waals surface area contributed by atoms with Crippen LogP contribution in [0.25, 0.3) is 10.8 Å². The van der Waals surface area contributed by atoms with Gasteiger partial charge in [0.2, 0.25) is 11.9 Å². The normalized spacial score (nSPS) is 20.5. The molecule has 2 aliphatic rings. The monoisotopic (exact) mass is 493 g/mol. The van der Waals surface area contributed by atoms with Crippen molar-refractivity contribution in [1.29, 1.82) is 0 Å². The van der Waals surface area contributed by atoms with Crippen molar-refractivity contribution in [3.63, 3.8) is 0 Å². The number of carbonyl (C=O) groups excluding carboxylic acids is 1. The summed E-state index contributed by atoms with van der Waals surface area (Å²) in [6, 6.07) is 8.26. The number of fused-ring (bicyclic) bond motifs is 1. The van der Waals surface area contributed by atoms with Crippen LogP contribution in [0, 0.1) is 0 Å². The molecule has 9 nitrogen and oxygen atoms in total. The number of rotatable bonds is 6. The van der Waals surface area contributed by atoms with Crippen LogP contribution in [0.1, 0.15) is 38.7 Å². The number of carbonyl (C=O) groups is 1. The lowest BCUT2D eigenvalue weighted by atomic mass is 9.94. The maximum atomic E-state index is 14.0. The molecule has 1 aromatic carbocycles. The third kappa shape index (κ3) is 4.90. The van der Waals surface area contributed by atoms with Crippen LogP contribution in [0.2, 0.25) is 0 Å². The standard InChI is InChI=1S/C26H32FN7O2/c1-15(2)18-4-5-22(34-12-17(13-34)30-16(3)35)20-11-29-25(10-19(18)20)31-24-6-8-28-26(32-24)33-9-7-23(36)21(27)14-33/h4-6,8,10-11,15,17,21,23,36H,7,9,12-14H2,1-3H3,(H,30,35)(H,28,29,31,32). The maximum Gasteiger partial charge on any atom is 0.227 e. The fraction of sp³-hybridized carbons (Fsp3) is 0.462. The number of nitrogens with one attached hydrogen (secondary N) is 2. The van der Waals surface area contributed by atoms with Crippen molar-refractivity contribution in [1.82, 2.24) is 20.3 Å². The minimum atomic E-state index is -1.32. The van der Waals surface area contributed by atoms with E-state index in [0.717, 1.165) is 29.5 Å². The van der Waals surface area contributed by atoms with Crippen LogP contribution in [0.5, 0.6) is 0 Å². The molecule has 0 radical (unpaired) electrons. The van der Waals surface area contributed by atoms with Crippen molar-refractivity contribution >= 4 is 40.0 Å². The van der Waals surface area contributed by atoms with E-state index in [1.165, 1.54) is 5.56 Å². The van der Waals surface area contributed by atoms with Gasteiger partial charge in [0.1, 0.15) is 17.8 Å². The number of nitrogens with zero attached hydrogens (tertiary/aromatic N) is 5. The van der Waals surface area contributed by atoms with Gasteiger partial charge in [0.25, 0.3) is 0 Å². The molecule has 1 amide bonds. The predicted octanol–water partition coefficient (Wildman–Crippen LogP) is 3.13. The Balaban J connectivity index is 1.39. The van der Waals surface area contributed by atoms with Gasteiger partial charge in [-0.3, -0.25) is 4.79 Å². The number of anilines is 4. The molecule has 2 atom stereocenters. The summed E-state index contributed by atoms with van der Waals surface area (Å²) < 4.78 is 14.0. The second kappa shape index (κ2) is 9.85. The quantitative estimate of drug-likeness (QED) is 0.481. The topological polar surface area (TPSA) is 107 Å². The Morgan fingerprint density at radius 3 is 2.64 bits per heavy atom. The number of piperidine rings is 1. The Morgan fingerprint density at radius 2 is 1.92 bits per heavy atom. The minimum Gasteiger partial charge on any atom is -0.390 e. The lowest BCUT2D eigenvalue weighted by Crippen LogP contribution is -2.59. The highest BCUT2D eigenvalue weighted by Gasteiger charge is 2.30. The molecular formula is C26H32FN7O2. The zero-order valence-electron chi connectivity index (χ0n) is 20.8. The first-order chi connectivity index (χ1) is 17.3. The molecule has 10 heteroatoms. The summed E-state index contributed by atoms with van der Waals surface area (Å²) in [5.74, 6) is 1.97. The SMILES string of the molecule is CC(=O)NC1CN(c2ccc(C(C)C)c3cc(Nc4ccnc(N5CCC(O)C(F)C5)n4)ncc23)C1. The van der Waals surface area contributed by atoms with E-state index < -0.39 is 12.3 Å². The molecule has 2 aliphatic heterocycles. The summed E-state index contributed by atoms with van der Waals surface area (Å²) in [7, 11) is 0. The summed E-state index contributed by atoms with van der Waals surface area (Å²) in [4.78, 5) is 28.9. The minimum absolute atomic E-state index is 0.00712. The number of benzene rings is 1. The van der Waals surface area contributed by atoms with E-state index in [1.54, 1.807) is 24.1 Å². The molecule has 2 unspecified atom stereocenters. The second-order valence-corrected chi connectivity index (χ2v) is 9.93. The number of alkyl halides is 1. The summed E-state index contributed by atoms with van der Waals surface area (Å²) in [5, 5.41) is 18.1. The summed E-state index contributed by atoms with van der Waals surface area (Å²) in [6.45, 7) is 7.99. The fourth-order valence-corrected chi connectivity index (χ4v) is 4.92.